The third-order valence-electron chi connectivity index (χ3n) is 5.61. The van der Waals surface area contributed by atoms with Gasteiger partial charge in [-0.3, -0.25) is 14.9 Å². The molecule has 31 heavy (non-hydrogen) atoms. The van der Waals surface area contributed by atoms with Gasteiger partial charge < -0.3 is 14.8 Å². The molecule has 3 aromatic carbocycles. The van der Waals surface area contributed by atoms with Crippen LogP contribution in [-0.2, 0) is 0 Å². The summed E-state index contributed by atoms with van der Waals surface area (Å²) in [5.41, 5.74) is 3.75. The second-order valence-corrected chi connectivity index (χ2v) is 8.45. The molecule has 6 rings (SSSR count). The van der Waals surface area contributed by atoms with Crippen molar-refractivity contribution in [2.75, 3.05) is 12.1 Å². The van der Waals surface area contributed by atoms with Gasteiger partial charge in [0.1, 0.15) is 0 Å². The Morgan fingerprint density at radius 3 is 2.52 bits per heavy atom. The van der Waals surface area contributed by atoms with Crippen LogP contribution in [0.4, 0.5) is 11.4 Å². The Balaban J connectivity index is 1.62. The summed E-state index contributed by atoms with van der Waals surface area (Å²) < 4.78 is 10.8. The number of anilines is 1. The summed E-state index contributed by atoms with van der Waals surface area (Å²) >= 11 is 1.42. The molecule has 1 atom stereocenters. The average molecular weight is 430 g/mol. The molecule has 0 saturated carbocycles. The Morgan fingerprint density at radius 1 is 1.00 bits per heavy atom. The molecule has 0 aromatic heterocycles. The summed E-state index contributed by atoms with van der Waals surface area (Å²) in [6.07, 6.45) is 0. The number of carbonyl (C=O) groups is 1. The molecule has 0 bridgehead atoms. The fraction of sp³-hybridized carbons (Fsp3) is 0.0870. The number of nitrogens with zero attached hydrogens (tertiary/aromatic N) is 1. The molecule has 3 aromatic rings. The van der Waals surface area contributed by atoms with Gasteiger partial charge in [-0.15, -0.1) is 11.8 Å². The lowest BCUT2D eigenvalue weighted by Crippen LogP contribution is -2.09. The zero-order valence-corrected chi connectivity index (χ0v) is 16.8. The largest absolute Gasteiger partial charge is 0.454 e. The Kier molecular flexibility index (Phi) is 3.85. The molecule has 8 heteroatoms. The molecular weight excluding hydrogens is 416 g/mol. The van der Waals surface area contributed by atoms with E-state index in [1.54, 1.807) is 12.1 Å². The summed E-state index contributed by atoms with van der Waals surface area (Å²) in [6.45, 7) is 0.0104. The quantitative estimate of drug-likeness (QED) is 0.442. The highest BCUT2D eigenvalue weighted by Crippen LogP contribution is 2.55. The Bertz CT molecular complexity index is 1330. The summed E-state index contributed by atoms with van der Waals surface area (Å²) in [4.78, 5) is 25.9. The number of hydrogen-bond donors (Lipinski definition) is 1. The Hall–Kier alpha value is -3.78. The minimum atomic E-state index is -0.596. The van der Waals surface area contributed by atoms with Crippen LogP contribution in [0, 0.1) is 10.1 Å². The van der Waals surface area contributed by atoms with Crippen LogP contribution in [0.25, 0.3) is 5.70 Å². The van der Waals surface area contributed by atoms with Gasteiger partial charge in [-0.1, -0.05) is 36.4 Å². The van der Waals surface area contributed by atoms with E-state index >= 15 is 0 Å². The van der Waals surface area contributed by atoms with Gasteiger partial charge in [0.15, 0.2) is 17.3 Å². The summed E-state index contributed by atoms with van der Waals surface area (Å²) in [5, 5.41) is 14.8. The number of ketones is 1. The number of rotatable bonds is 2. The topological polar surface area (TPSA) is 90.7 Å². The summed E-state index contributed by atoms with van der Waals surface area (Å²) in [7, 11) is 0. The monoisotopic (exact) mass is 430 g/mol. The number of para-hydroxylation sites is 1. The minimum absolute atomic E-state index is 0.0104. The molecule has 0 radical (unpaired) electrons. The lowest BCUT2D eigenvalue weighted by molar-refractivity contribution is -0.385. The van der Waals surface area contributed by atoms with Crippen LogP contribution in [-0.4, -0.2) is 17.5 Å². The second kappa shape index (κ2) is 6.61. The molecule has 3 aliphatic rings. The van der Waals surface area contributed by atoms with Crippen LogP contribution in [0.5, 0.6) is 11.5 Å². The lowest BCUT2D eigenvalue weighted by atomic mass is 9.98. The van der Waals surface area contributed by atoms with Crippen molar-refractivity contribution in [3.63, 3.8) is 0 Å². The number of carbonyl (C=O) groups excluding carboxylic acids is 1. The molecular formula is C23H14N2O5S. The molecule has 0 spiro atoms. The van der Waals surface area contributed by atoms with E-state index in [1.165, 1.54) is 17.8 Å². The van der Waals surface area contributed by atoms with Crippen molar-refractivity contribution in [1.29, 1.82) is 0 Å². The first kappa shape index (κ1) is 18.0. The molecule has 2 aliphatic heterocycles. The van der Waals surface area contributed by atoms with Crippen molar-refractivity contribution in [3.8, 4) is 11.5 Å². The van der Waals surface area contributed by atoms with Gasteiger partial charge in [-0.05, 0) is 18.2 Å². The summed E-state index contributed by atoms with van der Waals surface area (Å²) in [5.74, 6) is 0.648. The smallest absolute Gasteiger partial charge is 0.278 e. The maximum Gasteiger partial charge on any atom is 0.278 e. The standard InChI is InChI=1S/C23H14N2O5S/c26-22-13-6-2-1-5-12(13)21-20(22)23(31-19-8-4-3-7-15(19)24-21)14-9-17-18(30-11-29-17)10-16(14)25(27)28/h1-10,23-24H,11H2/t23-/m1/s1. The number of ether oxygens (including phenoxy) is 2. The maximum atomic E-state index is 13.5. The third-order valence-corrected chi connectivity index (χ3v) is 6.95. The summed E-state index contributed by atoms with van der Waals surface area (Å²) in [6, 6.07) is 18.1. The number of benzene rings is 3. The third kappa shape index (κ3) is 2.65. The van der Waals surface area contributed by atoms with E-state index in [4.69, 9.17) is 9.47 Å². The molecule has 7 nitrogen and oxygen atoms in total. The van der Waals surface area contributed by atoms with E-state index in [0.717, 1.165) is 16.1 Å². The van der Waals surface area contributed by atoms with Crippen LogP contribution >= 0.6 is 11.8 Å². The number of nitro benzene ring substituents is 1. The number of nitrogens with one attached hydrogen (secondary N) is 1. The predicted octanol–water partition coefficient (Wildman–Crippen LogP) is 5.19. The van der Waals surface area contributed by atoms with E-state index in [2.05, 4.69) is 5.32 Å². The zero-order valence-electron chi connectivity index (χ0n) is 16.0. The van der Waals surface area contributed by atoms with Crippen molar-refractivity contribution < 1.29 is 19.2 Å². The minimum Gasteiger partial charge on any atom is -0.454 e. The van der Waals surface area contributed by atoms with Crippen molar-refractivity contribution >= 4 is 34.6 Å². The van der Waals surface area contributed by atoms with Gasteiger partial charge in [-0.25, -0.2) is 0 Å². The Morgan fingerprint density at radius 2 is 1.71 bits per heavy atom. The zero-order chi connectivity index (χ0) is 21.1. The maximum absolute atomic E-state index is 13.5. The first-order valence-electron chi connectivity index (χ1n) is 9.61. The number of hydrogen-bond acceptors (Lipinski definition) is 7. The number of Topliss-reactive ketones (excluding diaryl/α,β-unsaturated/α-hetero) is 1. The van der Waals surface area contributed by atoms with Crippen molar-refractivity contribution in [2.24, 2.45) is 0 Å². The fourth-order valence-corrected chi connectivity index (χ4v) is 5.53. The van der Waals surface area contributed by atoms with Gasteiger partial charge in [0.05, 0.1) is 33.2 Å². The van der Waals surface area contributed by atoms with Gasteiger partial charge in [-0.2, -0.15) is 0 Å². The first-order valence-corrected chi connectivity index (χ1v) is 10.5. The van der Waals surface area contributed by atoms with Crippen LogP contribution < -0.4 is 14.8 Å². The highest BCUT2D eigenvalue weighted by atomic mass is 32.2. The van der Waals surface area contributed by atoms with E-state index < -0.39 is 10.2 Å². The normalized spacial score (nSPS) is 18.1. The predicted molar refractivity (Wildman–Crippen MR) is 116 cm³/mol. The van der Waals surface area contributed by atoms with Crippen molar-refractivity contribution in [3.05, 3.63) is 93.0 Å². The van der Waals surface area contributed by atoms with E-state index in [1.807, 2.05) is 42.5 Å². The molecule has 0 saturated heterocycles. The number of thioether (sulfide) groups is 1. The molecule has 152 valence electrons. The van der Waals surface area contributed by atoms with Crippen LogP contribution in [0.2, 0.25) is 0 Å². The molecule has 2 heterocycles. The molecule has 1 aliphatic carbocycles. The first-order chi connectivity index (χ1) is 15.1. The van der Waals surface area contributed by atoms with Crippen molar-refractivity contribution in [2.45, 2.75) is 10.1 Å². The SMILES string of the molecule is O=C1C2=C(Nc3ccccc3S[C@@H]2c2cc3c(cc2[N+](=O)[O-])OCO3)c2ccccc21. The van der Waals surface area contributed by atoms with Gasteiger partial charge in [0, 0.05) is 21.6 Å². The highest BCUT2D eigenvalue weighted by Gasteiger charge is 2.41. The molecule has 1 N–H and O–H groups in total. The molecule has 0 unspecified atom stereocenters. The Labute approximate surface area is 180 Å². The van der Waals surface area contributed by atoms with Gasteiger partial charge in [0.2, 0.25) is 6.79 Å². The van der Waals surface area contributed by atoms with E-state index in [9.17, 15) is 14.9 Å². The van der Waals surface area contributed by atoms with Crippen LogP contribution in [0.3, 0.4) is 0 Å². The average Bonchev–Trinajstić information content (AvgIpc) is 3.29. The highest BCUT2D eigenvalue weighted by molar-refractivity contribution is 8.00. The fourth-order valence-electron chi connectivity index (χ4n) is 4.21. The lowest BCUT2D eigenvalue weighted by Gasteiger charge is -2.18. The number of nitro groups is 1. The van der Waals surface area contributed by atoms with E-state index in [-0.39, 0.29) is 18.3 Å². The van der Waals surface area contributed by atoms with Crippen LogP contribution in [0.15, 0.2) is 71.1 Å². The van der Waals surface area contributed by atoms with Gasteiger partial charge >= 0.3 is 0 Å². The molecule has 0 fully saturated rings. The number of fused-ring (bicyclic) bond motifs is 4. The van der Waals surface area contributed by atoms with Crippen LogP contribution in [0.1, 0.15) is 26.7 Å². The van der Waals surface area contributed by atoms with Gasteiger partial charge in [0.25, 0.3) is 5.69 Å². The molecule has 0 amide bonds. The van der Waals surface area contributed by atoms with E-state index in [0.29, 0.717) is 33.9 Å². The van der Waals surface area contributed by atoms with Crippen molar-refractivity contribution in [1.82, 2.24) is 0 Å². The second-order valence-electron chi connectivity index (χ2n) is 7.30.